The smallest absolute Gasteiger partial charge is 0.339 e. The fourth-order valence-corrected chi connectivity index (χ4v) is 9.26. The van der Waals surface area contributed by atoms with Crippen LogP contribution in [0.5, 0.6) is 11.5 Å². The first-order chi connectivity index (χ1) is 31.1. The second-order valence-corrected chi connectivity index (χ2v) is 16.6. The van der Waals surface area contributed by atoms with Gasteiger partial charge >= 0.3 is 23.9 Å². The summed E-state index contributed by atoms with van der Waals surface area (Å²) in [4.78, 5) is 104. The monoisotopic (exact) mass is 882 g/mol. The van der Waals surface area contributed by atoms with Gasteiger partial charge in [0.05, 0.1) is 33.4 Å². The molecular formula is C50H46N2O13. The number of carbonyl (C=O) groups is 8. The SMILES string of the molecule is C=CC(=O)COC(=O)c1ccc(Oc2ccc(C(=O)OCC(=O)C=C)c(C(=O)Nc3cccc(C(=O)OC45CC6CC(CC(OC(=O)c7cccc(C)c7)(C6)C4)C5)c3)c2)cc1C(=O)NC. The summed E-state index contributed by atoms with van der Waals surface area (Å²) in [5.74, 6) is -5.09. The number of hydrogen-bond donors (Lipinski definition) is 2. The van der Waals surface area contributed by atoms with Crippen LogP contribution in [0.2, 0.25) is 0 Å². The topological polar surface area (TPSA) is 207 Å². The second-order valence-electron chi connectivity index (χ2n) is 16.6. The van der Waals surface area contributed by atoms with Gasteiger partial charge in [-0.05, 0) is 130 Å². The minimum atomic E-state index is -1.01. The predicted molar refractivity (Wildman–Crippen MR) is 234 cm³/mol. The molecule has 334 valence electrons. The third kappa shape index (κ3) is 10.4. The molecule has 4 aromatic carbocycles. The fraction of sp³-hybridized carbons (Fsp3) is 0.280. The van der Waals surface area contributed by atoms with Gasteiger partial charge in [0.15, 0.2) is 24.8 Å². The average molecular weight is 883 g/mol. The molecule has 4 aliphatic carbocycles. The van der Waals surface area contributed by atoms with Crippen molar-refractivity contribution in [3.05, 3.63) is 149 Å². The molecule has 0 heterocycles. The van der Waals surface area contributed by atoms with E-state index in [9.17, 15) is 38.4 Å². The maximum atomic E-state index is 14.0. The number of rotatable bonds is 17. The molecule has 4 bridgehead atoms. The summed E-state index contributed by atoms with van der Waals surface area (Å²) in [6.07, 6.45) is 6.02. The molecule has 4 saturated carbocycles. The number of esters is 4. The van der Waals surface area contributed by atoms with Crippen LogP contribution in [0.4, 0.5) is 5.69 Å². The van der Waals surface area contributed by atoms with Crippen molar-refractivity contribution in [3.8, 4) is 11.5 Å². The van der Waals surface area contributed by atoms with Gasteiger partial charge in [-0.1, -0.05) is 36.9 Å². The van der Waals surface area contributed by atoms with E-state index in [0.717, 1.165) is 24.1 Å². The Morgan fingerprint density at radius 2 is 1.11 bits per heavy atom. The molecule has 0 aromatic heterocycles. The number of hydrogen-bond acceptors (Lipinski definition) is 13. The van der Waals surface area contributed by atoms with Crippen molar-refractivity contribution in [3.63, 3.8) is 0 Å². The van der Waals surface area contributed by atoms with E-state index in [0.29, 0.717) is 37.7 Å². The van der Waals surface area contributed by atoms with Crippen molar-refractivity contribution in [2.24, 2.45) is 11.8 Å². The van der Waals surface area contributed by atoms with E-state index in [1.165, 1.54) is 49.5 Å². The summed E-state index contributed by atoms with van der Waals surface area (Å²) < 4.78 is 28.8. The van der Waals surface area contributed by atoms with Crippen molar-refractivity contribution < 1.29 is 62.0 Å². The van der Waals surface area contributed by atoms with E-state index in [1.54, 1.807) is 30.3 Å². The zero-order valence-corrected chi connectivity index (χ0v) is 35.8. The number of amides is 2. The third-order valence-corrected chi connectivity index (χ3v) is 11.7. The van der Waals surface area contributed by atoms with Gasteiger partial charge in [-0.15, -0.1) is 0 Å². The highest BCUT2D eigenvalue weighted by Crippen LogP contribution is 2.60. The minimum Gasteiger partial charge on any atom is -0.457 e. The van der Waals surface area contributed by atoms with Gasteiger partial charge in [-0.3, -0.25) is 19.2 Å². The van der Waals surface area contributed by atoms with Crippen LogP contribution in [0, 0.1) is 18.8 Å². The molecule has 0 radical (unpaired) electrons. The largest absolute Gasteiger partial charge is 0.457 e. The standard InChI is InChI=1S/C50H46N2O13/c1-5-35(53)26-61-47(59)39-15-13-37(20-41(39)43(55)51-4)63-38-14-16-40(48(60)62-27-36(54)6-2)42(21-38)44(56)52-34-12-8-11-33(19-34)46(58)65-50-24-30-18-31(25-50)23-49(22-30,28-50)64-45(57)32-10-7-9-29(3)17-32/h5-17,19-21,30-31H,1-2,18,22-28H2,3-4H3,(H,51,55)(H,52,56). The second kappa shape index (κ2) is 19.0. The molecule has 4 aliphatic rings. The van der Waals surface area contributed by atoms with E-state index in [2.05, 4.69) is 23.8 Å². The number of carbonyl (C=O) groups excluding carboxylic acids is 8. The van der Waals surface area contributed by atoms with Gasteiger partial charge in [0, 0.05) is 19.2 Å². The van der Waals surface area contributed by atoms with E-state index in [4.69, 9.17) is 23.7 Å². The van der Waals surface area contributed by atoms with Crippen molar-refractivity contribution in [1.29, 1.82) is 0 Å². The Kier molecular flexibility index (Phi) is 13.2. The Hall–Kier alpha value is -7.68. The van der Waals surface area contributed by atoms with Gasteiger partial charge in [0.1, 0.15) is 22.7 Å². The van der Waals surface area contributed by atoms with Crippen LogP contribution in [0.15, 0.2) is 110 Å². The molecule has 2 atom stereocenters. The zero-order chi connectivity index (χ0) is 46.5. The molecule has 65 heavy (non-hydrogen) atoms. The fourth-order valence-electron chi connectivity index (χ4n) is 9.26. The average Bonchev–Trinajstić information content (AvgIpc) is 3.28. The van der Waals surface area contributed by atoms with Crippen molar-refractivity contribution in [1.82, 2.24) is 5.32 Å². The number of anilines is 1. The van der Waals surface area contributed by atoms with Gasteiger partial charge in [-0.2, -0.15) is 0 Å². The Labute approximate surface area is 374 Å². The summed E-state index contributed by atoms with van der Waals surface area (Å²) in [5, 5.41) is 5.14. The molecule has 15 heteroatoms. The highest BCUT2D eigenvalue weighted by atomic mass is 16.6. The van der Waals surface area contributed by atoms with Gasteiger partial charge in [0.2, 0.25) is 0 Å². The van der Waals surface area contributed by atoms with E-state index in [-0.39, 0.29) is 56.8 Å². The number of nitrogens with one attached hydrogen (secondary N) is 2. The van der Waals surface area contributed by atoms with E-state index >= 15 is 0 Å². The van der Waals surface area contributed by atoms with Crippen LogP contribution in [-0.2, 0) is 28.5 Å². The maximum absolute atomic E-state index is 14.0. The highest BCUT2D eigenvalue weighted by molar-refractivity contribution is 6.12. The lowest BCUT2D eigenvalue weighted by Gasteiger charge is -2.60. The van der Waals surface area contributed by atoms with Gasteiger partial charge in [-0.25, -0.2) is 19.2 Å². The number of benzene rings is 4. The first-order valence-corrected chi connectivity index (χ1v) is 20.9. The summed E-state index contributed by atoms with van der Waals surface area (Å²) in [5.41, 5.74) is -0.641. The Balaban J connectivity index is 1.10. The molecule has 0 saturated heterocycles. The summed E-state index contributed by atoms with van der Waals surface area (Å²) in [6, 6.07) is 21.0. The third-order valence-electron chi connectivity index (χ3n) is 11.7. The minimum absolute atomic E-state index is 0.0128. The molecule has 2 amide bonds. The van der Waals surface area contributed by atoms with Crippen molar-refractivity contribution in [2.45, 2.75) is 56.7 Å². The molecule has 15 nitrogen and oxygen atoms in total. The molecule has 2 unspecified atom stereocenters. The van der Waals surface area contributed by atoms with Crippen LogP contribution in [-0.4, -0.2) is 78.7 Å². The van der Waals surface area contributed by atoms with Crippen molar-refractivity contribution >= 4 is 52.9 Å². The van der Waals surface area contributed by atoms with Gasteiger partial charge < -0.3 is 34.3 Å². The van der Waals surface area contributed by atoms with Gasteiger partial charge in [0.25, 0.3) is 11.8 Å². The molecule has 4 fully saturated rings. The summed E-state index contributed by atoms with van der Waals surface area (Å²) in [7, 11) is 1.35. The summed E-state index contributed by atoms with van der Waals surface area (Å²) in [6.45, 7) is 7.39. The van der Waals surface area contributed by atoms with Crippen LogP contribution in [0.25, 0.3) is 0 Å². The summed E-state index contributed by atoms with van der Waals surface area (Å²) >= 11 is 0. The Morgan fingerprint density at radius 1 is 0.615 bits per heavy atom. The van der Waals surface area contributed by atoms with Crippen LogP contribution < -0.4 is 15.4 Å². The van der Waals surface area contributed by atoms with Crippen LogP contribution in [0.3, 0.4) is 0 Å². The van der Waals surface area contributed by atoms with Crippen LogP contribution in [0.1, 0.15) is 106 Å². The molecule has 2 N–H and O–H groups in total. The van der Waals surface area contributed by atoms with Crippen molar-refractivity contribution in [2.75, 3.05) is 25.6 Å². The highest BCUT2D eigenvalue weighted by Gasteiger charge is 2.61. The lowest BCUT2D eigenvalue weighted by molar-refractivity contribution is -0.200. The number of ether oxygens (including phenoxy) is 5. The number of ketones is 2. The first-order valence-electron chi connectivity index (χ1n) is 20.9. The van der Waals surface area contributed by atoms with E-state index in [1.807, 2.05) is 19.1 Å². The molecule has 0 spiro atoms. The van der Waals surface area contributed by atoms with E-state index < -0.39 is 71.7 Å². The molecule has 4 aromatic rings. The molecule has 8 rings (SSSR count). The van der Waals surface area contributed by atoms with Crippen LogP contribution >= 0.6 is 0 Å². The molecular weight excluding hydrogens is 837 g/mol. The maximum Gasteiger partial charge on any atom is 0.339 e. The lowest BCUT2D eigenvalue weighted by atomic mass is 9.52. The quantitative estimate of drug-likeness (QED) is 0.0606. The first kappa shape index (κ1) is 45.3. The zero-order valence-electron chi connectivity index (χ0n) is 35.8. The predicted octanol–water partition coefficient (Wildman–Crippen LogP) is 7.33. The normalized spacial score (nSPS) is 20.0. The Morgan fingerprint density at radius 3 is 1.60 bits per heavy atom. The lowest BCUT2D eigenvalue weighted by Crippen LogP contribution is -2.61. The molecule has 0 aliphatic heterocycles. The Bertz CT molecular complexity index is 2630. The number of aryl methyl sites for hydroxylation is 1.